The Balaban J connectivity index is 1.69. The van der Waals surface area contributed by atoms with Gasteiger partial charge in [0.2, 0.25) is 11.8 Å². The van der Waals surface area contributed by atoms with Gasteiger partial charge in [0.25, 0.3) is 0 Å². The third kappa shape index (κ3) is 2.08. The Morgan fingerprint density at radius 1 is 1.07 bits per heavy atom. The Labute approximate surface area is 154 Å². The van der Waals surface area contributed by atoms with Gasteiger partial charge in [-0.3, -0.25) is 14.7 Å². The summed E-state index contributed by atoms with van der Waals surface area (Å²) in [6, 6.07) is 13.7. The highest BCUT2D eigenvalue weighted by Gasteiger charge is 2.56. The Kier molecular flexibility index (Phi) is 3.21. The van der Waals surface area contributed by atoms with Crippen molar-refractivity contribution in [1.29, 1.82) is 0 Å². The molecule has 5 rings (SSSR count). The zero-order chi connectivity index (χ0) is 18.6. The molecule has 2 aliphatic rings. The molecular weight excluding hydrogens is 347 g/mol. The van der Waals surface area contributed by atoms with Gasteiger partial charge in [-0.05, 0) is 17.7 Å². The van der Waals surface area contributed by atoms with Crippen molar-refractivity contribution in [2.75, 3.05) is 10.2 Å². The Morgan fingerprint density at radius 2 is 1.85 bits per heavy atom. The molecule has 2 N–H and O–H groups in total. The highest BCUT2D eigenvalue weighted by Crippen LogP contribution is 2.51. The van der Waals surface area contributed by atoms with E-state index in [1.165, 1.54) is 6.07 Å². The van der Waals surface area contributed by atoms with Crippen molar-refractivity contribution in [3.05, 3.63) is 77.2 Å². The molecule has 0 saturated carbocycles. The third-order valence-corrected chi connectivity index (χ3v) is 5.34. The van der Waals surface area contributed by atoms with Crippen LogP contribution in [-0.4, -0.2) is 22.0 Å². The number of anilines is 2. The molecule has 0 radical (unpaired) electrons. The van der Waals surface area contributed by atoms with E-state index in [1.807, 2.05) is 24.3 Å². The maximum atomic E-state index is 14.2. The van der Waals surface area contributed by atoms with Crippen LogP contribution in [0.15, 0.2) is 54.7 Å². The molecule has 7 heteroatoms. The predicted octanol–water partition coefficient (Wildman–Crippen LogP) is 2.72. The molecular formula is C20H15FN4O2. The summed E-state index contributed by atoms with van der Waals surface area (Å²) >= 11 is 0. The number of hydrogen-bond acceptors (Lipinski definition) is 3. The number of aromatic amines is 1. The predicted molar refractivity (Wildman–Crippen MR) is 96.6 cm³/mol. The maximum Gasteiger partial charge on any atom is 0.243 e. The minimum atomic E-state index is -1.15. The van der Waals surface area contributed by atoms with Crippen molar-refractivity contribution >= 4 is 23.3 Å². The largest absolute Gasteiger partial charge is 0.311 e. The van der Waals surface area contributed by atoms with Gasteiger partial charge in [-0.25, -0.2) is 4.39 Å². The number of amides is 2. The molecule has 1 aromatic heterocycles. The van der Waals surface area contributed by atoms with Gasteiger partial charge in [-0.15, -0.1) is 0 Å². The van der Waals surface area contributed by atoms with Gasteiger partial charge in [-0.2, -0.15) is 5.10 Å². The number of benzene rings is 2. The number of nitrogens with one attached hydrogen (secondary N) is 2. The molecule has 3 aromatic rings. The van der Waals surface area contributed by atoms with E-state index in [2.05, 4.69) is 15.5 Å². The first kappa shape index (κ1) is 15.7. The molecule has 0 aliphatic carbocycles. The third-order valence-electron chi connectivity index (χ3n) is 5.34. The lowest BCUT2D eigenvalue weighted by molar-refractivity contribution is -0.126. The quantitative estimate of drug-likeness (QED) is 0.736. The van der Waals surface area contributed by atoms with E-state index in [0.29, 0.717) is 22.6 Å². The molecule has 6 nitrogen and oxygen atoms in total. The van der Waals surface area contributed by atoms with E-state index in [0.717, 1.165) is 5.56 Å². The van der Waals surface area contributed by atoms with Gasteiger partial charge >= 0.3 is 0 Å². The minimum absolute atomic E-state index is 0.0108. The van der Waals surface area contributed by atoms with E-state index in [9.17, 15) is 14.0 Å². The zero-order valence-electron chi connectivity index (χ0n) is 14.2. The number of H-pyrrole nitrogens is 1. The minimum Gasteiger partial charge on any atom is -0.311 e. The van der Waals surface area contributed by atoms with Crippen LogP contribution in [0.4, 0.5) is 15.9 Å². The second kappa shape index (κ2) is 5.51. The fourth-order valence-electron chi connectivity index (χ4n) is 4.13. The first-order chi connectivity index (χ1) is 13.1. The van der Waals surface area contributed by atoms with Crippen LogP contribution in [0.25, 0.3) is 0 Å². The van der Waals surface area contributed by atoms with Crippen LogP contribution in [0.5, 0.6) is 0 Å². The molecule has 0 unspecified atom stereocenters. The number of rotatable bonds is 2. The van der Waals surface area contributed by atoms with E-state index < -0.39 is 5.41 Å². The lowest BCUT2D eigenvalue weighted by atomic mass is 9.72. The summed E-state index contributed by atoms with van der Waals surface area (Å²) < 4.78 is 14.2. The summed E-state index contributed by atoms with van der Waals surface area (Å²) in [6.07, 6.45) is 1.57. The summed E-state index contributed by atoms with van der Waals surface area (Å²) in [4.78, 5) is 27.6. The standard InChI is InChI=1S/C20H15FN4O2/c21-15-7-3-1-5-12(15)11-25-16-8-4-2-6-13(16)20(19(25)27)9-17(26)23-18-14(20)10-22-24-18/h1-8,10H,9,11H2,(H2,22,23,24,26)/t20-/m0/s1. The number of para-hydroxylation sites is 1. The van der Waals surface area contributed by atoms with Crippen molar-refractivity contribution in [2.45, 2.75) is 18.4 Å². The van der Waals surface area contributed by atoms with Crippen LogP contribution in [0.3, 0.4) is 0 Å². The summed E-state index contributed by atoms with van der Waals surface area (Å²) in [5.74, 6) is -0.441. The summed E-state index contributed by atoms with van der Waals surface area (Å²) in [5, 5.41) is 9.50. The van der Waals surface area contributed by atoms with Gasteiger partial charge in [-0.1, -0.05) is 36.4 Å². The molecule has 134 valence electrons. The van der Waals surface area contributed by atoms with Gasteiger partial charge in [0.15, 0.2) is 0 Å². The van der Waals surface area contributed by atoms with Crippen LogP contribution >= 0.6 is 0 Å². The fraction of sp³-hybridized carbons (Fsp3) is 0.150. The van der Waals surface area contributed by atoms with E-state index in [-0.39, 0.29) is 30.6 Å². The maximum absolute atomic E-state index is 14.2. The van der Waals surface area contributed by atoms with E-state index in [1.54, 1.807) is 29.3 Å². The Hall–Kier alpha value is -3.48. The molecule has 27 heavy (non-hydrogen) atoms. The highest BCUT2D eigenvalue weighted by molar-refractivity contribution is 6.15. The van der Waals surface area contributed by atoms with Crippen LogP contribution < -0.4 is 10.2 Å². The van der Waals surface area contributed by atoms with Crippen molar-refractivity contribution in [2.24, 2.45) is 0 Å². The van der Waals surface area contributed by atoms with Crippen LogP contribution in [-0.2, 0) is 21.5 Å². The lowest BCUT2D eigenvalue weighted by Gasteiger charge is -2.31. The van der Waals surface area contributed by atoms with Gasteiger partial charge < -0.3 is 10.2 Å². The van der Waals surface area contributed by atoms with E-state index in [4.69, 9.17) is 0 Å². The number of nitrogens with zero attached hydrogens (tertiary/aromatic N) is 2. The Morgan fingerprint density at radius 3 is 2.70 bits per heavy atom. The number of fused-ring (bicyclic) bond motifs is 4. The second-order valence-corrected chi connectivity index (χ2v) is 6.79. The molecule has 0 saturated heterocycles. The van der Waals surface area contributed by atoms with Crippen molar-refractivity contribution in [3.63, 3.8) is 0 Å². The Bertz CT molecular complexity index is 1090. The molecule has 1 spiro atoms. The first-order valence-corrected chi connectivity index (χ1v) is 8.60. The zero-order valence-corrected chi connectivity index (χ0v) is 14.2. The van der Waals surface area contributed by atoms with Crippen LogP contribution in [0.2, 0.25) is 0 Å². The highest BCUT2D eigenvalue weighted by atomic mass is 19.1. The fourth-order valence-corrected chi connectivity index (χ4v) is 4.13. The van der Waals surface area contributed by atoms with Crippen LogP contribution in [0.1, 0.15) is 23.1 Å². The molecule has 0 fully saturated rings. The number of hydrogen-bond donors (Lipinski definition) is 2. The molecule has 0 bridgehead atoms. The summed E-state index contributed by atoms with van der Waals surface area (Å²) in [7, 11) is 0. The van der Waals surface area contributed by atoms with Gasteiger partial charge in [0, 0.05) is 23.2 Å². The summed E-state index contributed by atoms with van der Waals surface area (Å²) in [6.45, 7) is 0.0963. The normalized spacial score (nSPS) is 20.6. The molecule has 1 atom stereocenters. The average Bonchev–Trinajstić information content (AvgIpc) is 3.22. The molecule has 2 aromatic carbocycles. The number of halogens is 1. The van der Waals surface area contributed by atoms with E-state index >= 15 is 0 Å². The first-order valence-electron chi connectivity index (χ1n) is 8.60. The van der Waals surface area contributed by atoms with Crippen LogP contribution in [0, 0.1) is 5.82 Å². The monoisotopic (exact) mass is 362 g/mol. The SMILES string of the molecule is O=C1C[C@@]2(C(=O)N(Cc3ccccc3F)c3ccccc32)c2cn[nH]c2N1. The molecule has 2 aliphatic heterocycles. The average molecular weight is 362 g/mol. The second-order valence-electron chi connectivity index (χ2n) is 6.79. The summed E-state index contributed by atoms with van der Waals surface area (Å²) in [5.41, 5.74) is 1.34. The van der Waals surface area contributed by atoms with Gasteiger partial charge in [0.05, 0.1) is 12.7 Å². The van der Waals surface area contributed by atoms with Crippen molar-refractivity contribution in [1.82, 2.24) is 10.2 Å². The topological polar surface area (TPSA) is 78.1 Å². The van der Waals surface area contributed by atoms with Gasteiger partial charge in [0.1, 0.15) is 17.1 Å². The molecule has 2 amide bonds. The number of aromatic nitrogens is 2. The number of carbonyl (C=O) groups is 2. The lowest BCUT2D eigenvalue weighted by Crippen LogP contribution is -2.46. The molecule has 3 heterocycles. The van der Waals surface area contributed by atoms with Crippen molar-refractivity contribution < 1.29 is 14.0 Å². The smallest absolute Gasteiger partial charge is 0.243 e. The number of carbonyl (C=O) groups excluding carboxylic acids is 2. The van der Waals surface area contributed by atoms with Crippen molar-refractivity contribution in [3.8, 4) is 0 Å².